The van der Waals surface area contributed by atoms with Crippen molar-refractivity contribution in [3.63, 3.8) is 0 Å². The molecule has 4 nitrogen and oxygen atoms in total. The van der Waals surface area contributed by atoms with Crippen LogP contribution in [0.4, 0.5) is 8.78 Å². The van der Waals surface area contributed by atoms with Crippen LogP contribution in [0.2, 0.25) is 0 Å². The van der Waals surface area contributed by atoms with Crippen molar-refractivity contribution >= 4 is 21.4 Å². The second kappa shape index (κ2) is 7.63. The minimum Gasteiger partial charge on any atom is -0.387 e. The van der Waals surface area contributed by atoms with Gasteiger partial charge in [-0.3, -0.25) is 0 Å². The van der Waals surface area contributed by atoms with Crippen molar-refractivity contribution in [2.24, 2.45) is 0 Å². The number of halogens is 2. The summed E-state index contributed by atoms with van der Waals surface area (Å²) in [5, 5.41) is 12.1. The number of benzene rings is 2. The zero-order chi connectivity index (χ0) is 18.7. The first-order valence-corrected chi connectivity index (χ1v) is 10.0. The zero-order valence-corrected chi connectivity index (χ0v) is 15.0. The van der Waals surface area contributed by atoms with Crippen LogP contribution in [-0.2, 0) is 10.0 Å². The summed E-state index contributed by atoms with van der Waals surface area (Å²) in [7, 11) is -4.43. The van der Waals surface area contributed by atoms with Crippen molar-refractivity contribution in [2.75, 3.05) is 6.54 Å². The fraction of sp³-hybridized carbons (Fsp3) is 0.111. The van der Waals surface area contributed by atoms with Gasteiger partial charge in [0.2, 0.25) is 10.0 Å². The Bertz CT molecular complexity index is 968. The third-order valence-corrected chi connectivity index (χ3v) is 6.15. The standard InChI is InChI=1S/C18H15F2NO3S2/c19-14-3-1-4-15(20)18(14)26(23,24)21-11-16(22)12-6-8-13(9-7-12)17-5-2-10-25-17/h1-10,16,21-22H,11H2. The summed E-state index contributed by atoms with van der Waals surface area (Å²) in [4.78, 5) is 0.0158. The van der Waals surface area contributed by atoms with E-state index in [-0.39, 0.29) is 0 Å². The van der Waals surface area contributed by atoms with E-state index < -0.39 is 39.2 Å². The molecule has 0 aliphatic carbocycles. The fourth-order valence-corrected chi connectivity index (χ4v) is 4.33. The first-order chi connectivity index (χ1) is 12.4. The molecule has 3 aromatic rings. The maximum absolute atomic E-state index is 13.7. The molecule has 0 amide bonds. The Morgan fingerprint density at radius 2 is 1.65 bits per heavy atom. The predicted octanol–water partition coefficient (Wildman–Crippen LogP) is 3.71. The van der Waals surface area contributed by atoms with Crippen LogP contribution in [0.15, 0.2) is 64.9 Å². The van der Waals surface area contributed by atoms with E-state index in [0.717, 1.165) is 28.6 Å². The maximum Gasteiger partial charge on any atom is 0.246 e. The third kappa shape index (κ3) is 3.99. The Morgan fingerprint density at radius 3 is 2.23 bits per heavy atom. The molecule has 26 heavy (non-hydrogen) atoms. The van der Waals surface area contributed by atoms with Gasteiger partial charge in [-0.2, -0.15) is 0 Å². The molecule has 136 valence electrons. The van der Waals surface area contributed by atoms with Crippen LogP contribution in [0.3, 0.4) is 0 Å². The van der Waals surface area contributed by atoms with E-state index in [1.807, 2.05) is 34.4 Å². The zero-order valence-electron chi connectivity index (χ0n) is 13.4. The fourth-order valence-electron chi connectivity index (χ4n) is 2.43. The van der Waals surface area contributed by atoms with Crippen molar-refractivity contribution in [3.05, 3.63) is 77.2 Å². The highest BCUT2D eigenvalue weighted by Gasteiger charge is 2.24. The van der Waals surface area contributed by atoms with E-state index in [0.29, 0.717) is 5.56 Å². The van der Waals surface area contributed by atoms with E-state index in [1.165, 1.54) is 0 Å². The van der Waals surface area contributed by atoms with Gasteiger partial charge in [0.05, 0.1) is 6.10 Å². The molecule has 0 saturated carbocycles. The molecule has 0 aliphatic rings. The number of aliphatic hydroxyl groups excluding tert-OH is 1. The molecule has 2 N–H and O–H groups in total. The highest BCUT2D eigenvalue weighted by Crippen LogP contribution is 2.26. The molecule has 0 saturated heterocycles. The average Bonchev–Trinajstić information content (AvgIpc) is 3.14. The highest BCUT2D eigenvalue weighted by molar-refractivity contribution is 7.89. The van der Waals surface area contributed by atoms with Gasteiger partial charge in [0, 0.05) is 11.4 Å². The van der Waals surface area contributed by atoms with Crippen molar-refractivity contribution < 1.29 is 22.3 Å². The summed E-state index contributed by atoms with van der Waals surface area (Å²) >= 11 is 1.58. The molecule has 0 fully saturated rings. The summed E-state index contributed by atoms with van der Waals surface area (Å²) in [6.07, 6.45) is -1.16. The molecule has 1 aromatic heterocycles. The van der Waals surface area contributed by atoms with Gasteiger partial charge in [-0.25, -0.2) is 21.9 Å². The first kappa shape index (κ1) is 18.7. The van der Waals surface area contributed by atoms with Crippen LogP contribution in [-0.4, -0.2) is 20.1 Å². The summed E-state index contributed by atoms with van der Waals surface area (Å²) in [6.45, 7) is -0.408. The lowest BCUT2D eigenvalue weighted by atomic mass is 10.1. The van der Waals surface area contributed by atoms with Gasteiger partial charge in [0.15, 0.2) is 4.90 Å². The summed E-state index contributed by atoms with van der Waals surface area (Å²) in [5.74, 6) is -2.38. The molecule has 0 bridgehead atoms. The quantitative estimate of drug-likeness (QED) is 0.669. The van der Waals surface area contributed by atoms with E-state index in [1.54, 1.807) is 23.5 Å². The maximum atomic E-state index is 13.7. The number of hydrogen-bond donors (Lipinski definition) is 2. The summed E-state index contributed by atoms with van der Waals surface area (Å²) < 4.78 is 53.6. The van der Waals surface area contributed by atoms with Crippen LogP contribution >= 0.6 is 11.3 Å². The van der Waals surface area contributed by atoms with Gasteiger partial charge in [-0.15, -0.1) is 11.3 Å². The number of rotatable bonds is 6. The summed E-state index contributed by atoms with van der Waals surface area (Å²) in [6, 6.07) is 13.7. The van der Waals surface area contributed by atoms with Gasteiger partial charge in [0.1, 0.15) is 11.6 Å². The Kier molecular flexibility index (Phi) is 5.47. The molecule has 1 atom stereocenters. The molecule has 0 spiro atoms. The molecular formula is C18H15F2NO3S2. The largest absolute Gasteiger partial charge is 0.387 e. The molecule has 0 radical (unpaired) electrons. The molecule has 8 heteroatoms. The molecular weight excluding hydrogens is 380 g/mol. The minimum atomic E-state index is -4.43. The van der Waals surface area contributed by atoms with Gasteiger partial charge >= 0.3 is 0 Å². The van der Waals surface area contributed by atoms with Crippen LogP contribution in [0.1, 0.15) is 11.7 Å². The molecule has 3 rings (SSSR count). The van der Waals surface area contributed by atoms with Crippen molar-refractivity contribution in [1.82, 2.24) is 4.72 Å². The van der Waals surface area contributed by atoms with Crippen LogP contribution < -0.4 is 4.72 Å². The monoisotopic (exact) mass is 395 g/mol. The lowest BCUT2D eigenvalue weighted by Crippen LogP contribution is -2.30. The Hall–Kier alpha value is -2.13. The van der Waals surface area contributed by atoms with Gasteiger partial charge in [0.25, 0.3) is 0 Å². The van der Waals surface area contributed by atoms with Gasteiger partial charge in [-0.1, -0.05) is 36.4 Å². The SMILES string of the molecule is O=S(=O)(NCC(O)c1ccc(-c2cccs2)cc1)c1c(F)cccc1F. The number of nitrogens with one attached hydrogen (secondary N) is 1. The number of aliphatic hydroxyl groups is 1. The molecule has 1 heterocycles. The van der Waals surface area contributed by atoms with Crippen LogP contribution in [0, 0.1) is 11.6 Å². The van der Waals surface area contributed by atoms with Gasteiger partial charge < -0.3 is 5.11 Å². The number of thiophene rings is 1. The minimum absolute atomic E-state index is 0.408. The number of sulfonamides is 1. The second-order valence-corrected chi connectivity index (χ2v) is 8.17. The Labute approximate surface area is 153 Å². The molecule has 0 aliphatic heterocycles. The Morgan fingerprint density at radius 1 is 1.00 bits per heavy atom. The van der Waals surface area contributed by atoms with Crippen molar-refractivity contribution in [2.45, 2.75) is 11.0 Å². The molecule has 1 unspecified atom stereocenters. The van der Waals surface area contributed by atoms with E-state index in [2.05, 4.69) is 0 Å². The third-order valence-electron chi connectivity index (χ3n) is 3.76. The second-order valence-electron chi connectivity index (χ2n) is 5.52. The van der Waals surface area contributed by atoms with Crippen molar-refractivity contribution in [3.8, 4) is 10.4 Å². The van der Waals surface area contributed by atoms with Crippen LogP contribution in [0.25, 0.3) is 10.4 Å². The smallest absolute Gasteiger partial charge is 0.246 e. The predicted molar refractivity (Wildman–Crippen MR) is 96.3 cm³/mol. The first-order valence-electron chi connectivity index (χ1n) is 7.64. The summed E-state index contributed by atoms with van der Waals surface area (Å²) in [5.41, 5.74) is 1.46. The van der Waals surface area contributed by atoms with Crippen LogP contribution in [0.5, 0.6) is 0 Å². The Balaban J connectivity index is 1.71. The lowest BCUT2D eigenvalue weighted by Gasteiger charge is -2.14. The normalized spacial score (nSPS) is 12.9. The highest BCUT2D eigenvalue weighted by atomic mass is 32.2. The van der Waals surface area contributed by atoms with Gasteiger partial charge in [-0.05, 0) is 34.7 Å². The lowest BCUT2D eigenvalue weighted by molar-refractivity contribution is 0.182. The number of hydrogen-bond acceptors (Lipinski definition) is 4. The van der Waals surface area contributed by atoms with E-state index >= 15 is 0 Å². The topological polar surface area (TPSA) is 66.4 Å². The average molecular weight is 395 g/mol. The van der Waals surface area contributed by atoms with E-state index in [4.69, 9.17) is 0 Å². The van der Waals surface area contributed by atoms with Crippen molar-refractivity contribution in [1.29, 1.82) is 0 Å². The molecule has 2 aromatic carbocycles. The van der Waals surface area contributed by atoms with E-state index in [9.17, 15) is 22.3 Å².